The summed E-state index contributed by atoms with van der Waals surface area (Å²) in [5, 5.41) is 4.85. The molecule has 0 saturated heterocycles. The molecular formula is C25H32N4O2S. The molecule has 1 saturated carbocycles. The van der Waals surface area contributed by atoms with Gasteiger partial charge < -0.3 is 16.0 Å². The molecule has 7 heteroatoms. The molecule has 1 aliphatic heterocycles. The molecular weight excluding hydrogens is 420 g/mol. The molecule has 170 valence electrons. The van der Waals surface area contributed by atoms with E-state index in [1.165, 1.54) is 18.4 Å². The number of pyridine rings is 1. The van der Waals surface area contributed by atoms with Crippen LogP contribution in [0.25, 0.3) is 10.9 Å². The minimum absolute atomic E-state index is 0.151. The number of aromatic nitrogens is 1. The Balaban J connectivity index is 1.55. The first-order chi connectivity index (χ1) is 15.4. The number of hydrogen-bond donors (Lipinski definition) is 4. The maximum atomic E-state index is 10.7. The topological polar surface area (TPSA) is 94.6 Å². The van der Waals surface area contributed by atoms with Crippen LogP contribution in [0.4, 0.5) is 11.5 Å². The van der Waals surface area contributed by atoms with Crippen molar-refractivity contribution in [2.24, 2.45) is 5.73 Å². The molecule has 1 aliphatic carbocycles. The van der Waals surface area contributed by atoms with E-state index < -0.39 is 10.6 Å². The van der Waals surface area contributed by atoms with Crippen molar-refractivity contribution in [3.05, 3.63) is 59.7 Å². The van der Waals surface area contributed by atoms with Gasteiger partial charge in [-0.2, -0.15) is 10.6 Å². The molecule has 5 N–H and O–H groups in total. The Kier molecular flexibility index (Phi) is 5.75. The number of benzene rings is 2. The Hall–Kier alpha value is -2.32. The number of nitrogens with one attached hydrogen (secondary N) is 1. The van der Waals surface area contributed by atoms with E-state index >= 15 is 0 Å². The quantitative estimate of drug-likeness (QED) is 0.428. The molecule has 0 spiro atoms. The lowest BCUT2D eigenvalue weighted by atomic mass is 9.90. The van der Waals surface area contributed by atoms with Gasteiger partial charge in [0.1, 0.15) is 5.82 Å². The van der Waals surface area contributed by atoms with E-state index in [2.05, 4.69) is 41.4 Å². The Morgan fingerprint density at radius 3 is 2.75 bits per heavy atom. The van der Waals surface area contributed by atoms with Gasteiger partial charge in [-0.3, -0.25) is 9.11 Å². The van der Waals surface area contributed by atoms with E-state index in [9.17, 15) is 9.11 Å². The smallest absolute Gasteiger partial charge is 0.131 e. The van der Waals surface area contributed by atoms with Crippen LogP contribution in [0.3, 0.4) is 0 Å². The second kappa shape index (κ2) is 8.56. The van der Waals surface area contributed by atoms with Gasteiger partial charge in [0.25, 0.3) is 0 Å². The van der Waals surface area contributed by atoms with E-state index in [0.717, 1.165) is 40.8 Å². The van der Waals surface area contributed by atoms with E-state index in [-0.39, 0.29) is 12.1 Å². The van der Waals surface area contributed by atoms with Crippen LogP contribution in [0.1, 0.15) is 36.8 Å². The van der Waals surface area contributed by atoms with Crippen LogP contribution >= 0.6 is 10.6 Å². The molecule has 0 amide bonds. The van der Waals surface area contributed by atoms with Crippen LogP contribution < -0.4 is 16.0 Å². The Labute approximate surface area is 191 Å². The molecule has 2 aliphatic rings. The highest BCUT2D eigenvalue weighted by Gasteiger charge is 2.27. The third-order valence-electron chi connectivity index (χ3n) is 6.77. The van der Waals surface area contributed by atoms with Crippen LogP contribution in [-0.4, -0.2) is 38.5 Å². The molecule has 1 aromatic heterocycles. The summed E-state index contributed by atoms with van der Waals surface area (Å²) in [6, 6.07) is 16.5. The number of nitrogens with two attached hydrogens (primary N) is 1. The van der Waals surface area contributed by atoms with Crippen molar-refractivity contribution in [2.45, 2.75) is 56.1 Å². The van der Waals surface area contributed by atoms with E-state index in [1.54, 1.807) is 0 Å². The standard InChI is InChI=1S/C25H32N4O2S/c1-17-10-11-21-19(14-17)23(27-22-8-4-3-7-20(22)26)15-25(28-21)29-12-13-32(30,31)24-9-5-2-6-18(24)16-29/h2,5-6,9-11,14-15,20,22,30-31H,3-4,7-8,12-13,16,26H2,1H3,(H,27,28). The predicted molar refractivity (Wildman–Crippen MR) is 134 cm³/mol. The number of hydrogen-bond acceptors (Lipinski definition) is 6. The minimum atomic E-state index is -2.81. The lowest BCUT2D eigenvalue weighted by molar-refractivity contribution is 0.404. The van der Waals surface area contributed by atoms with Crippen LogP contribution in [0, 0.1) is 6.92 Å². The second-order valence-corrected chi connectivity index (χ2v) is 11.3. The highest BCUT2D eigenvalue weighted by molar-refractivity contribution is 8.24. The number of anilines is 2. The van der Waals surface area contributed by atoms with Crippen molar-refractivity contribution in [3.8, 4) is 0 Å². The van der Waals surface area contributed by atoms with Gasteiger partial charge in [-0.05, 0) is 43.5 Å². The summed E-state index contributed by atoms with van der Waals surface area (Å²) in [5.41, 5.74) is 10.6. The molecule has 2 atom stereocenters. The first-order valence-corrected chi connectivity index (χ1v) is 13.1. The number of aryl methyl sites for hydroxylation is 1. The minimum Gasteiger partial charge on any atom is -0.380 e. The fourth-order valence-electron chi connectivity index (χ4n) is 4.93. The maximum absolute atomic E-state index is 10.7. The largest absolute Gasteiger partial charge is 0.380 e. The van der Waals surface area contributed by atoms with Gasteiger partial charge in [0, 0.05) is 42.3 Å². The second-order valence-electron chi connectivity index (χ2n) is 9.15. The van der Waals surface area contributed by atoms with E-state index in [1.807, 2.05) is 24.3 Å². The lowest BCUT2D eigenvalue weighted by Crippen LogP contribution is -2.42. The van der Waals surface area contributed by atoms with Crippen LogP contribution in [0.2, 0.25) is 0 Å². The zero-order valence-corrected chi connectivity index (χ0v) is 19.3. The van der Waals surface area contributed by atoms with E-state index in [4.69, 9.17) is 10.7 Å². The summed E-state index contributed by atoms with van der Waals surface area (Å²) in [4.78, 5) is 7.79. The molecule has 0 radical (unpaired) electrons. The number of fused-ring (bicyclic) bond motifs is 2. The molecule has 1 fully saturated rings. The molecule has 2 heterocycles. The summed E-state index contributed by atoms with van der Waals surface area (Å²) in [5.74, 6) is 1.15. The highest BCUT2D eigenvalue weighted by Crippen LogP contribution is 2.51. The van der Waals surface area contributed by atoms with Gasteiger partial charge in [-0.25, -0.2) is 4.98 Å². The Morgan fingerprint density at radius 1 is 1.09 bits per heavy atom. The van der Waals surface area contributed by atoms with Crippen molar-refractivity contribution >= 4 is 33.0 Å². The summed E-state index contributed by atoms with van der Waals surface area (Å²) >= 11 is 0. The molecule has 0 bridgehead atoms. The molecule has 3 aromatic rings. The van der Waals surface area contributed by atoms with Crippen LogP contribution in [0.5, 0.6) is 0 Å². The Morgan fingerprint density at radius 2 is 1.91 bits per heavy atom. The highest BCUT2D eigenvalue weighted by atomic mass is 32.3. The summed E-state index contributed by atoms with van der Waals surface area (Å²) in [6.45, 7) is 3.22. The number of nitrogens with zero attached hydrogens (tertiary/aromatic N) is 2. The fraction of sp³-hybridized carbons (Fsp3) is 0.400. The van der Waals surface area contributed by atoms with Gasteiger partial charge in [-0.1, -0.05) is 42.7 Å². The molecule has 6 nitrogen and oxygen atoms in total. The summed E-state index contributed by atoms with van der Waals surface area (Å²) in [6.07, 6.45) is 4.51. The third-order valence-corrected chi connectivity index (χ3v) is 8.62. The van der Waals surface area contributed by atoms with Crippen LogP contribution in [-0.2, 0) is 6.54 Å². The van der Waals surface area contributed by atoms with Crippen molar-refractivity contribution in [1.82, 2.24) is 4.98 Å². The van der Waals surface area contributed by atoms with Gasteiger partial charge in [-0.15, -0.1) is 0 Å². The average Bonchev–Trinajstić information content (AvgIpc) is 2.91. The molecule has 5 rings (SSSR count). The predicted octanol–water partition coefficient (Wildman–Crippen LogP) is 5.35. The van der Waals surface area contributed by atoms with Crippen LogP contribution in [0.15, 0.2) is 53.4 Å². The molecule has 32 heavy (non-hydrogen) atoms. The molecule has 2 unspecified atom stereocenters. The average molecular weight is 453 g/mol. The monoisotopic (exact) mass is 452 g/mol. The van der Waals surface area contributed by atoms with Gasteiger partial charge in [0.15, 0.2) is 0 Å². The summed E-state index contributed by atoms with van der Waals surface area (Å²) in [7, 11) is -2.81. The van der Waals surface area contributed by atoms with Gasteiger partial charge in [0.05, 0.1) is 16.2 Å². The first-order valence-electron chi connectivity index (χ1n) is 11.4. The molecule has 2 aromatic carbocycles. The van der Waals surface area contributed by atoms with Gasteiger partial charge >= 0.3 is 0 Å². The third kappa shape index (κ3) is 4.18. The Bertz CT molecular complexity index is 1140. The zero-order chi connectivity index (χ0) is 22.3. The van der Waals surface area contributed by atoms with Crippen molar-refractivity contribution in [3.63, 3.8) is 0 Å². The van der Waals surface area contributed by atoms with Crippen molar-refractivity contribution in [1.29, 1.82) is 0 Å². The SMILES string of the molecule is Cc1ccc2nc(N3CCS(O)(O)c4ccccc4C3)cc(NC3CCCCC3N)c2c1. The fourth-order valence-corrected chi connectivity index (χ4v) is 6.47. The number of rotatable bonds is 3. The summed E-state index contributed by atoms with van der Waals surface area (Å²) < 4.78 is 21.5. The zero-order valence-electron chi connectivity index (χ0n) is 18.5. The first kappa shape index (κ1) is 21.5. The van der Waals surface area contributed by atoms with E-state index in [0.29, 0.717) is 23.7 Å². The van der Waals surface area contributed by atoms with Crippen molar-refractivity contribution in [2.75, 3.05) is 22.5 Å². The lowest BCUT2D eigenvalue weighted by Gasteiger charge is -2.32. The van der Waals surface area contributed by atoms with Gasteiger partial charge in [0.2, 0.25) is 0 Å². The van der Waals surface area contributed by atoms with Crippen molar-refractivity contribution < 1.29 is 9.11 Å². The normalized spacial score (nSPS) is 23.9. The maximum Gasteiger partial charge on any atom is 0.131 e.